The predicted molar refractivity (Wildman–Crippen MR) is 247 cm³/mol. The van der Waals surface area contributed by atoms with Gasteiger partial charge in [0, 0.05) is 70.0 Å². The molecule has 3 aromatic heterocycles. The monoisotopic (exact) mass is 758 g/mol. The normalized spacial score (nSPS) is 11.8. The lowest BCUT2D eigenvalue weighted by Crippen LogP contribution is -2.09. The van der Waals surface area contributed by atoms with Gasteiger partial charge in [-0.2, -0.15) is 0 Å². The maximum Gasteiger partial charge on any atom is 0.143 e. The molecule has 0 aliphatic rings. The Balaban J connectivity index is 0.967. The second kappa shape index (κ2) is 13.1. The molecule has 0 spiro atoms. The first kappa shape index (κ1) is 32.8. The van der Waals surface area contributed by atoms with Crippen molar-refractivity contribution in [3.05, 3.63) is 206 Å². The number of fused-ring (bicyclic) bond motifs is 9. The van der Waals surface area contributed by atoms with Crippen LogP contribution in [-0.2, 0) is 0 Å². The maximum atomic E-state index is 6.67. The fourth-order valence-corrected chi connectivity index (χ4v) is 10.0. The van der Waals surface area contributed by atoms with E-state index in [1.807, 2.05) is 17.4 Å². The number of rotatable bonds is 6. The van der Waals surface area contributed by atoms with Crippen LogP contribution in [0.5, 0.6) is 0 Å². The second-order valence-corrected chi connectivity index (χ2v) is 16.0. The molecule has 12 rings (SSSR count). The molecule has 0 aliphatic heterocycles. The summed E-state index contributed by atoms with van der Waals surface area (Å²) in [5.74, 6) is 0. The predicted octanol–water partition coefficient (Wildman–Crippen LogP) is 15.9. The van der Waals surface area contributed by atoms with Gasteiger partial charge >= 0.3 is 0 Å². The molecule has 0 N–H and O–H groups in total. The van der Waals surface area contributed by atoms with Gasteiger partial charge in [-0.15, -0.1) is 11.3 Å². The molecule has 0 aliphatic carbocycles. The number of furan rings is 1. The largest absolute Gasteiger partial charge is 0.455 e. The standard InChI is InChI=1S/C54H34N2OS/c1-2-12-38(13-3-1)55(39-27-22-35(23-28-39)37-26-31-46-45-17-7-11-21-52(45)58-53(46)32-37)40-29-24-36(25-30-40)47-33-41(34-48-44-16-6-10-20-51(44)57-54(47)48)56-49-18-8-4-14-42(49)43-15-5-9-19-50(43)56/h1-34H. The Morgan fingerprint density at radius 1 is 0.379 bits per heavy atom. The molecule has 0 radical (unpaired) electrons. The minimum atomic E-state index is 0.886. The SMILES string of the molecule is c1ccc(N(c2ccc(-c3ccc4c(c3)sc3ccccc34)cc2)c2ccc(-c3cc(-n4c5ccccc5c5ccccc54)cc4c3oc3ccccc34)cc2)cc1. The van der Waals surface area contributed by atoms with Crippen molar-refractivity contribution in [3.8, 4) is 27.9 Å². The lowest BCUT2D eigenvalue weighted by molar-refractivity contribution is 0.670. The number of nitrogens with zero attached hydrogens (tertiary/aromatic N) is 2. The van der Waals surface area contributed by atoms with E-state index in [9.17, 15) is 0 Å². The summed E-state index contributed by atoms with van der Waals surface area (Å²) in [7, 11) is 0. The van der Waals surface area contributed by atoms with E-state index in [2.05, 4.69) is 210 Å². The van der Waals surface area contributed by atoms with E-state index >= 15 is 0 Å². The van der Waals surface area contributed by atoms with Crippen LogP contribution < -0.4 is 4.90 Å². The lowest BCUT2D eigenvalue weighted by Gasteiger charge is -2.26. The van der Waals surface area contributed by atoms with Crippen molar-refractivity contribution in [1.82, 2.24) is 4.57 Å². The first-order valence-electron chi connectivity index (χ1n) is 19.7. The van der Waals surface area contributed by atoms with Gasteiger partial charge in [0.15, 0.2) is 0 Å². The minimum absolute atomic E-state index is 0.886. The molecule has 0 amide bonds. The molecule has 0 atom stereocenters. The second-order valence-electron chi connectivity index (χ2n) is 14.9. The van der Waals surface area contributed by atoms with E-state index in [0.717, 1.165) is 55.8 Å². The van der Waals surface area contributed by atoms with Crippen molar-refractivity contribution in [1.29, 1.82) is 0 Å². The van der Waals surface area contributed by atoms with Crippen LogP contribution in [0.4, 0.5) is 17.1 Å². The van der Waals surface area contributed by atoms with Crippen molar-refractivity contribution in [2.45, 2.75) is 0 Å². The molecule has 0 saturated carbocycles. The summed E-state index contributed by atoms with van der Waals surface area (Å²) in [5.41, 5.74) is 13.1. The summed E-state index contributed by atoms with van der Waals surface area (Å²) in [6.07, 6.45) is 0. The highest BCUT2D eigenvalue weighted by Gasteiger charge is 2.19. The van der Waals surface area contributed by atoms with Crippen LogP contribution in [0.25, 0.3) is 91.9 Å². The Labute approximate surface area is 338 Å². The molecule has 58 heavy (non-hydrogen) atoms. The molecule has 272 valence electrons. The molecule has 12 aromatic rings. The van der Waals surface area contributed by atoms with Gasteiger partial charge in [-0.05, 0) is 95.6 Å². The third kappa shape index (κ3) is 5.19. The van der Waals surface area contributed by atoms with Crippen molar-refractivity contribution < 1.29 is 4.42 Å². The minimum Gasteiger partial charge on any atom is -0.455 e. The summed E-state index contributed by atoms with van der Waals surface area (Å²) in [4.78, 5) is 2.33. The van der Waals surface area contributed by atoms with E-state index in [1.165, 1.54) is 53.1 Å². The van der Waals surface area contributed by atoms with Crippen LogP contribution in [-0.4, -0.2) is 4.57 Å². The van der Waals surface area contributed by atoms with Crippen molar-refractivity contribution in [2.75, 3.05) is 4.90 Å². The van der Waals surface area contributed by atoms with Gasteiger partial charge in [0.2, 0.25) is 0 Å². The third-order valence-corrected chi connectivity index (χ3v) is 12.7. The number of aromatic nitrogens is 1. The van der Waals surface area contributed by atoms with Gasteiger partial charge in [-0.3, -0.25) is 0 Å². The van der Waals surface area contributed by atoms with Crippen molar-refractivity contribution in [3.63, 3.8) is 0 Å². The van der Waals surface area contributed by atoms with Crippen molar-refractivity contribution >= 4 is 92.3 Å². The average Bonchev–Trinajstić information content (AvgIpc) is 3.96. The van der Waals surface area contributed by atoms with Crippen LogP contribution in [0.1, 0.15) is 0 Å². The van der Waals surface area contributed by atoms with Gasteiger partial charge in [0.25, 0.3) is 0 Å². The van der Waals surface area contributed by atoms with Crippen LogP contribution in [0.3, 0.4) is 0 Å². The molecular formula is C54H34N2OS. The lowest BCUT2D eigenvalue weighted by atomic mass is 10.00. The van der Waals surface area contributed by atoms with Crippen LogP contribution in [0.15, 0.2) is 211 Å². The fraction of sp³-hybridized carbons (Fsp3) is 0. The Hall–Kier alpha value is -7.40. The zero-order chi connectivity index (χ0) is 38.2. The number of anilines is 3. The van der Waals surface area contributed by atoms with Gasteiger partial charge < -0.3 is 13.9 Å². The van der Waals surface area contributed by atoms with Crippen LogP contribution in [0, 0.1) is 0 Å². The number of benzene rings is 9. The first-order valence-corrected chi connectivity index (χ1v) is 20.5. The molecule has 9 aromatic carbocycles. The highest BCUT2D eigenvalue weighted by molar-refractivity contribution is 7.25. The zero-order valence-corrected chi connectivity index (χ0v) is 32.2. The average molecular weight is 759 g/mol. The summed E-state index contributed by atoms with van der Waals surface area (Å²) < 4.78 is 11.7. The molecule has 0 saturated heterocycles. The van der Waals surface area contributed by atoms with Gasteiger partial charge in [-0.1, -0.05) is 127 Å². The molecule has 0 unspecified atom stereocenters. The quantitative estimate of drug-likeness (QED) is 0.168. The number of para-hydroxylation sites is 4. The van der Waals surface area contributed by atoms with Crippen molar-refractivity contribution in [2.24, 2.45) is 0 Å². The molecule has 0 fully saturated rings. The number of hydrogen-bond acceptors (Lipinski definition) is 3. The first-order chi connectivity index (χ1) is 28.7. The molecule has 3 heterocycles. The molecule has 0 bridgehead atoms. The smallest absolute Gasteiger partial charge is 0.143 e. The van der Waals surface area contributed by atoms with E-state index in [4.69, 9.17) is 4.42 Å². The summed E-state index contributed by atoms with van der Waals surface area (Å²) in [5, 5.41) is 7.35. The highest BCUT2D eigenvalue weighted by atomic mass is 32.1. The van der Waals surface area contributed by atoms with E-state index < -0.39 is 0 Å². The van der Waals surface area contributed by atoms with E-state index in [-0.39, 0.29) is 0 Å². The Bertz CT molecular complexity index is 3450. The maximum absolute atomic E-state index is 6.67. The summed E-state index contributed by atoms with van der Waals surface area (Å²) in [6, 6.07) is 74.3. The number of hydrogen-bond donors (Lipinski definition) is 0. The Kier molecular flexibility index (Phi) is 7.40. The van der Waals surface area contributed by atoms with Gasteiger partial charge in [-0.25, -0.2) is 0 Å². The molecule has 4 heteroatoms. The Morgan fingerprint density at radius 3 is 1.66 bits per heavy atom. The summed E-state index contributed by atoms with van der Waals surface area (Å²) in [6.45, 7) is 0. The zero-order valence-electron chi connectivity index (χ0n) is 31.3. The van der Waals surface area contributed by atoms with Crippen LogP contribution >= 0.6 is 11.3 Å². The van der Waals surface area contributed by atoms with Gasteiger partial charge in [0.1, 0.15) is 11.2 Å². The van der Waals surface area contributed by atoms with Gasteiger partial charge in [0.05, 0.1) is 11.0 Å². The van der Waals surface area contributed by atoms with Crippen LogP contribution in [0.2, 0.25) is 0 Å². The molecular weight excluding hydrogens is 725 g/mol. The third-order valence-electron chi connectivity index (χ3n) is 11.6. The summed E-state index contributed by atoms with van der Waals surface area (Å²) >= 11 is 1.86. The highest BCUT2D eigenvalue weighted by Crippen LogP contribution is 2.43. The Morgan fingerprint density at radius 2 is 0.931 bits per heavy atom. The topological polar surface area (TPSA) is 21.3 Å². The fourth-order valence-electron chi connectivity index (χ4n) is 8.88. The van der Waals surface area contributed by atoms with E-state index in [1.54, 1.807) is 0 Å². The van der Waals surface area contributed by atoms with E-state index in [0.29, 0.717) is 0 Å². The molecule has 3 nitrogen and oxygen atoms in total. The number of thiophene rings is 1.